The summed E-state index contributed by atoms with van der Waals surface area (Å²) < 4.78 is 5.41. The second kappa shape index (κ2) is 6.03. The van der Waals surface area contributed by atoms with Crippen molar-refractivity contribution in [1.29, 1.82) is 5.26 Å². The van der Waals surface area contributed by atoms with Crippen LogP contribution >= 0.6 is 0 Å². The van der Waals surface area contributed by atoms with Crippen LogP contribution in [0.4, 0.5) is 4.79 Å². The van der Waals surface area contributed by atoms with Crippen LogP contribution in [0.5, 0.6) is 0 Å². The minimum absolute atomic E-state index is 0.116. The van der Waals surface area contributed by atoms with Gasteiger partial charge in [-0.05, 0) is 51.9 Å². The molecule has 2 atom stereocenters. The third kappa shape index (κ3) is 3.65. The highest BCUT2D eigenvalue weighted by Crippen LogP contribution is 2.38. The lowest BCUT2D eigenvalue weighted by Gasteiger charge is -2.26. The fourth-order valence-electron chi connectivity index (χ4n) is 3.48. The fourth-order valence-corrected chi connectivity index (χ4v) is 3.48. The fraction of sp³-hybridized carbons (Fsp3) is 0.875. The monoisotopic (exact) mass is 278 g/mol. The van der Waals surface area contributed by atoms with Gasteiger partial charge in [0.25, 0.3) is 0 Å². The van der Waals surface area contributed by atoms with Crippen LogP contribution < -0.4 is 0 Å². The third-order valence-electron chi connectivity index (χ3n) is 4.44. The van der Waals surface area contributed by atoms with Gasteiger partial charge in [-0.15, -0.1) is 0 Å². The summed E-state index contributed by atoms with van der Waals surface area (Å²) in [4.78, 5) is 13.8. The van der Waals surface area contributed by atoms with Gasteiger partial charge in [0, 0.05) is 13.1 Å². The summed E-state index contributed by atoms with van der Waals surface area (Å²) in [7, 11) is 0. The molecule has 1 saturated carbocycles. The lowest BCUT2D eigenvalue weighted by Crippen LogP contribution is -2.36. The molecule has 0 bridgehead atoms. The molecular formula is C16H26N2O2. The summed E-state index contributed by atoms with van der Waals surface area (Å²) in [6.45, 7) is 7.06. The Labute approximate surface area is 122 Å². The van der Waals surface area contributed by atoms with Gasteiger partial charge in [0.1, 0.15) is 5.60 Å². The molecule has 1 amide bonds. The Kier molecular flexibility index (Phi) is 4.57. The van der Waals surface area contributed by atoms with Gasteiger partial charge >= 0.3 is 6.09 Å². The number of amides is 1. The van der Waals surface area contributed by atoms with Gasteiger partial charge in [-0.25, -0.2) is 4.79 Å². The largest absolute Gasteiger partial charge is 0.444 e. The molecule has 2 rings (SSSR count). The lowest BCUT2D eigenvalue weighted by atomic mass is 9.81. The van der Waals surface area contributed by atoms with Crippen LogP contribution in [0.15, 0.2) is 0 Å². The molecule has 0 aromatic rings. The molecule has 1 aliphatic carbocycles. The van der Waals surface area contributed by atoms with Crippen LogP contribution in [0.25, 0.3) is 0 Å². The maximum absolute atomic E-state index is 12.1. The summed E-state index contributed by atoms with van der Waals surface area (Å²) >= 11 is 0. The van der Waals surface area contributed by atoms with Crippen LogP contribution in [0.3, 0.4) is 0 Å². The zero-order valence-electron chi connectivity index (χ0n) is 12.9. The summed E-state index contributed by atoms with van der Waals surface area (Å²) in [5, 5.41) is 9.47. The molecule has 112 valence electrons. The van der Waals surface area contributed by atoms with E-state index in [-0.39, 0.29) is 12.0 Å². The van der Waals surface area contributed by atoms with E-state index in [9.17, 15) is 10.1 Å². The Hall–Kier alpha value is -1.24. The number of nitrogens with zero attached hydrogens (tertiary/aromatic N) is 2. The van der Waals surface area contributed by atoms with E-state index in [2.05, 4.69) is 6.07 Å². The third-order valence-corrected chi connectivity index (χ3v) is 4.44. The molecule has 0 spiro atoms. The smallest absolute Gasteiger partial charge is 0.410 e. The standard InChI is InChI=1S/C16H26N2O2/c1-16(2,3)20-15(19)18-9-8-13(11-18)14(10-17)12-6-4-5-7-12/h12-14H,4-9,11H2,1-3H3. The molecule has 20 heavy (non-hydrogen) atoms. The first-order chi connectivity index (χ1) is 9.40. The van der Waals surface area contributed by atoms with Crippen molar-refractivity contribution in [3.05, 3.63) is 0 Å². The number of rotatable bonds is 2. The van der Waals surface area contributed by atoms with Crippen molar-refractivity contribution in [3.63, 3.8) is 0 Å². The maximum Gasteiger partial charge on any atom is 0.410 e. The van der Waals surface area contributed by atoms with E-state index in [0.717, 1.165) is 13.0 Å². The summed E-state index contributed by atoms with van der Waals surface area (Å²) in [6.07, 6.45) is 5.58. The molecule has 0 aromatic heterocycles. The normalized spacial score (nSPS) is 25.5. The molecule has 2 fully saturated rings. The Morgan fingerprint density at radius 3 is 2.45 bits per heavy atom. The number of ether oxygens (including phenoxy) is 1. The van der Waals surface area contributed by atoms with Crippen LogP contribution in [0.1, 0.15) is 52.9 Å². The van der Waals surface area contributed by atoms with E-state index in [1.54, 1.807) is 4.90 Å². The predicted octanol–water partition coefficient (Wildman–Crippen LogP) is 3.57. The quantitative estimate of drug-likeness (QED) is 0.776. The Bertz CT molecular complexity index is 388. The minimum atomic E-state index is -0.449. The highest BCUT2D eigenvalue weighted by molar-refractivity contribution is 5.68. The number of likely N-dealkylation sites (tertiary alicyclic amines) is 1. The summed E-state index contributed by atoms with van der Waals surface area (Å²) in [5.41, 5.74) is -0.449. The zero-order valence-corrected chi connectivity index (χ0v) is 12.9. The van der Waals surface area contributed by atoms with Crippen molar-refractivity contribution < 1.29 is 9.53 Å². The second-order valence-electron chi connectivity index (χ2n) is 7.17. The van der Waals surface area contributed by atoms with E-state index in [1.807, 2.05) is 20.8 Å². The summed E-state index contributed by atoms with van der Waals surface area (Å²) in [5.74, 6) is 0.990. The van der Waals surface area contributed by atoms with Gasteiger partial charge in [0.15, 0.2) is 0 Å². The highest BCUT2D eigenvalue weighted by atomic mass is 16.6. The topological polar surface area (TPSA) is 53.3 Å². The molecule has 2 unspecified atom stereocenters. The first-order valence-corrected chi connectivity index (χ1v) is 7.78. The molecule has 1 aliphatic heterocycles. The number of carbonyl (C=O) groups excluding carboxylic acids is 1. The highest BCUT2D eigenvalue weighted by Gasteiger charge is 2.38. The molecule has 4 heteroatoms. The van der Waals surface area contributed by atoms with E-state index >= 15 is 0 Å². The Balaban J connectivity index is 1.91. The van der Waals surface area contributed by atoms with E-state index in [0.29, 0.717) is 18.4 Å². The maximum atomic E-state index is 12.1. The van der Waals surface area contributed by atoms with Crippen LogP contribution in [-0.4, -0.2) is 29.7 Å². The van der Waals surface area contributed by atoms with Gasteiger partial charge in [0.05, 0.1) is 12.0 Å². The Morgan fingerprint density at radius 2 is 1.90 bits per heavy atom. The first-order valence-electron chi connectivity index (χ1n) is 7.78. The molecule has 1 saturated heterocycles. The molecule has 0 aromatic carbocycles. The van der Waals surface area contributed by atoms with E-state index in [4.69, 9.17) is 4.74 Å². The van der Waals surface area contributed by atoms with Crippen molar-refractivity contribution in [2.75, 3.05) is 13.1 Å². The SMILES string of the molecule is CC(C)(C)OC(=O)N1CCC(C(C#N)C2CCCC2)C1. The van der Waals surface area contributed by atoms with Gasteiger partial charge in [-0.1, -0.05) is 12.8 Å². The minimum Gasteiger partial charge on any atom is -0.444 e. The van der Waals surface area contributed by atoms with Crippen molar-refractivity contribution in [2.45, 2.75) is 58.5 Å². The molecule has 2 aliphatic rings. The first kappa shape index (κ1) is 15.2. The Morgan fingerprint density at radius 1 is 1.25 bits per heavy atom. The number of carbonyl (C=O) groups is 1. The average molecular weight is 278 g/mol. The number of hydrogen-bond donors (Lipinski definition) is 0. The van der Waals surface area contributed by atoms with Crippen molar-refractivity contribution in [3.8, 4) is 6.07 Å². The van der Waals surface area contributed by atoms with Gasteiger partial charge in [0.2, 0.25) is 0 Å². The van der Waals surface area contributed by atoms with Gasteiger partial charge < -0.3 is 9.64 Å². The molecule has 1 heterocycles. The van der Waals surface area contributed by atoms with Gasteiger partial charge in [-0.2, -0.15) is 5.26 Å². The molecule has 0 N–H and O–H groups in total. The zero-order chi connectivity index (χ0) is 14.8. The van der Waals surface area contributed by atoms with Crippen LogP contribution in [0, 0.1) is 29.1 Å². The van der Waals surface area contributed by atoms with Crippen molar-refractivity contribution in [2.24, 2.45) is 17.8 Å². The molecule has 4 nitrogen and oxygen atoms in total. The van der Waals surface area contributed by atoms with Crippen molar-refractivity contribution >= 4 is 6.09 Å². The van der Waals surface area contributed by atoms with E-state index in [1.165, 1.54) is 25.7 Å². The van der Waals surface area contributed by atoms with Crippen LogP contribution in [-0.2, 0) is 4.74 Å². The molecular weight excluding hydrogens is 252 g/mol. The lowest BCUT2D eigenvalue weighted by molar-refractivity contribution is 0.0283. The number of hydrogen-bond acceptors (Lipinski definition) is 3. The van der Waals surface area contributed by atoms with Gasteiger partial charge in [-0.3, -0.25) is 0 Å². The molecule has 0 radical (unpaired) electrons. The van der Waals surface area contributed by atoms with Crippen molar-refractivity contribution in [1.82, 2.24) is 4.90 Å². The van der Waals surface area contributed by atoms with E-state index < -0.39 is 5.60 Å². The second-order valence-corrected chi connectivity index (χ2v) is 7.17. The number of nitriles is 1. The predicted molar refractivity (Wildman–Crippen MR) is 77.0 cm³/mol. The summed E-state index contributed by atoms with van der Waals surface area (Å²) in [6, 6.07) is 2.51. The van der Waals surface area contributed by atoms with Crippen LogP contribution in [0.2, 0.25) is 0 Å². The average Bonchev–Trinajstić information content (AvgIpc) is 2.98.